The molecule has 0 N–H and O–H groups in total. The highest BCUT2D eigenvalue weighted by molar-refractivity contribution is 6.73. The summed E-state index contributed by atoms with van der Waals surface area (Å²) in [6.45, 7) is 10.1. The first-order valence-electron chi connectivity index (χ1n) is 7.24. The van der Waals surface area contributed by atoms with E-state index in [1.54, 1.807) is 6.08 Å². The Bertz CT molecular complexity index is 399. The van der Waals surface area contributed by atoms with Crippen LogP contribution in [0.25, 0.3) is 0 Å². The molecule has 112 valence electrons. The van der Waals surface area contributed by atoms with Crippen LogP contribution in [0.15, 0.2) is 11.6 Å². The minimum atomic E-state index is -1.90. The van der Waals surface area contributed by atoms with Crippen LogP contribution >= 0.6 is 0 Å². The monoisotopic (exact) mass is 294 g/mol. The third-order valence-electron chi connectivity index (χ3n) is 3.48. The lowest BCUT2D eigenvalue weighted by atomic mass is 10.2. The summed E-state index contributed by atoms with van der Waals surface area (Å²) in [6, 6.07) is 2.85. The van der Waals surface area contributed by atoms with Gasteiger partial charge in [0, 0.05) is 6.42 Å². The number of ketones is 1. The van der Waals surface area contributed by atoms with Gasteiger partial charge in [-0.1, -0.05) is 32.3 Å². The van der Waals surface area contributed by atoms with Crippen LogP contribution in [-0.4, -0.2) is 26.5 Å². The van der Waals surface area contributed by atoms with Gasteiger partial charge in [-0.2, -0.15) is 0 Å². The van der Waals surface area contributed by atoms with Crippen molar-refractivity contribution in [2.24, 2.45) is 0 Å². The summed E-state index contributed by atoms with van der Waals surface area (Å²) in [6.07, 6.45) is 1.83. The van der Waals surface area contributed by atoms with E-state index >= 15 is 0 Å². The molecule has 1 atom stereocenters. The Morgan fingerprint density at radius 1 is 1.20 bits per heavy atom. The lowest BCUT2D eigenvalue weighted by Crippen LogP contribution is -2.42. The average Bonchev–Trinajstić information content (AvgIpc) is 2.43. The Morgan fingerprint density at radius 2 is 1.75 bits per heavy atom. The van der Waals surface area contributed by atoms with Gasteiger partial charge >= 0.3 is 0 Å². The van der Waals surface area contributed by atoms with Crippen LogP contribution in [0.3, 0.4) is 0 Å². The zero-order chi connectivity index (χ0) is 15.6. The Kier molecular flexibility index (Phi) is 9.11. The van der Waals surface area contributed by atoms with Crippen LogP contribution in [0, 0.1) is 11.8 Å². The van der Waals surface area contributed by atoms with Gasteiger partial charge in [0.05, 0.1) is 0 Å². The summed E-state index contributed by atoms with van der Waals surface area (Å²) >= 11 is 0. The third-order valence-corrected chi connectivity index (χ3v) is 8.13. The number of hydrogen-bond acceptors (Lipinski definition) is 3. The van der Waals surface area contributed by atoms with E-state index in [0.717, 1.165) is 30.0 Å². The Labute approximate surface area is 123 Å². The fourth-order valence-electron chi connectivity index (χ4n) is 1.93. The zero-order valence-electron chi connectivity index (χ0n) is 13.3. The molecule has 0 spiro atoms. The highest BCUT2D eigenvalue weighted by Crippen LogP contribution is 2.24. The molecule has 0 radical (unpaired) electrons. The lowest BCUT2D eigenvalue weighted by molar-refractivity contribution is -0.123. The van der Waals surface area contributed by atoms with E-state index in [1.165, 1.54) is 0 Å². The summed E-state index contributed by atoms with van der Waals surface area (Å²) in [5, 5.41) is 0. The van der Waals surface area contributed by atoms with Crippen LogP contribution in [0.1, 0.15) is 41.0 Å². The predicted octanol–water partition coefficient (Wildman–Crippen LogP) is 3.50. The molecule has 0 fully saturated rings. The molecule has 0 saturated heterocycles. The summed E-state index contributed by atoms with van der Waals surface area (Å²) in [5.41, 5.74) is 1.04. The molecule has 0 heterocycles. The number of aldehydes is 1. The van der Waals surface area contributed by atoms with Crippen molar-refractivity contribution < 1.29 is 14.0 Å². The summed E-state index contributed by atoms with van der Waals surface area (Å²) in [7, 11) is -1.90. The van der Waals surface area contributed by atoms with Crippen LogP contribution in [0.4, 0.5) is 0 Å². The second-order valence-corrected chi connectivity index (χ2v) is 9.83. The average molecular weight is 294 g/mol. The maximum Gasteiger partial charge on any atom is 0.233 e. The maximum atomic E-state index is 12.1. The number of allylic oxidation sites excluding steroid dienone is 2. The molecular weight excluding hydrogens is 268 g/mol. The van der Waals surface area contributed by atoms with Crippen molar-refractivity contribution in [1.29, 1.82) is 0 Å². The van der Waals surface area contributed by atoms with E-state index in [0.29, 0.717) is 0 Å². The molecule has 3 nitrogen and oxygen atoms in total. The predicted molar refractivity (Wildman–Crippen MR) is 85.0 cm³/mol. The minimum Gasteiger partial charge on any atom is -0.405 e. The molecule has 0 aliphatic rings. The Balaban J connectivity index is 5.03. The van der Waals surface area contributed by atoms with E-state index in [-0.39, 0.29) is 12.2 Å². The van der Waals surface area contributed by atoms with E-state index in [1.807, 2.05) is 13.8 Å². The van der Waals surface area contributed by atoms with Gasteiger partial charge in [-0.15, -0.1) is 0 Å². The highest BCUT2D eigenvalue weighted by atomic mass is 28.4. The standard InChI is InChI=1S/C16H26O3Si/c1-6-20(7-2,8-3)19-16(12-13-17)15(18)11-9-10-14(4)5/h10,13,16H,6-8,12H2,1-5H3/t16-/m0/s1. The van der Waals surface area contributed by atoms with Crippen molar-refractivity contribution in [2.45, 2.75) is 65.3 Å². The number of carbonyl (C=O) groups is 2. The molecule has 0 saturated carbocycles. The van der Waals surface area contributed by atoms with Gasteiger partial charge in [0.15, 0.2) is 8.32 Å². The largest absolute Gasteiger partial charge is 0.405 e. The molecule has 0 aliphatic carbocycles. The van der Waals surface area contributed by atoms with Crippen molar-refractivity contribution in [1.82, 2.24) is 0 Å². The Morgan fingerprint density at radius 3 is 2.15 bits per heavy atom. The molecule has 0 aromatic carbocycles. The van der Waals surface area contributed by atoms with Crippen LogP contribution in [0.2, 0.25) is 18.1 Å². The minimum absolute atomic E-state index is 0.0943. The van der Waals surface area contributed by atoms with Gasteiger partial charge < -0.3 is 9.22 Å². The van der Waals surface area contributed by atoms with Crippen molar-refractivity contribution in [3.05, 3.63) is 11.6 Å². The first kappa shape index (κ1) is 18.8. The molecular formula is C16H26O3Si. The third kappa shape index (κ3) is 6.31. The van der Waals surface area contributed by atoms with Crippen LogP contribution < -0.4 is 0 Å². The fourth-order valence-corrected chi connectivity index (χ4v) is 4.74. The molecule has 0 bridgehead atoms. The quantitative estimate of drug-likeness (QED) is 0.298. The number of hydrogen-bond donors (Lipinski definition) is 0. The van der Waals surface area contributed by atoms with Gasteiger partial charge in [-0.25, -0.2) is 0 Å². The second-order valence-electron chi connectivity index (χ2n) is 5.11. The topological polar surface area (TPSA) is 43.4 Å². The van der Waals surface area contributed by atoms with E-state index < -0.39 is 14.4 Å². The maximum absolute atomic E-state index is 12.1. The summed E-state index contributed by atoms with van der Waals surface area (Å²) in [4.78, 5) is 22.9. The van der Waals surface area contributed by atoms with Crippen LogP contribution in [-0.2, 0) is 14.0 Å². The van der Waals surface area contributed by atoms with Gasteiger partial charge in [0.2, 0.25) is 5.78 Å². The first-order chi connectivity index (χ1) is 9.44. The fraction of sp³-hybridized carbons (Fsp3) is 0.625. The van der Waals surface area contributed by atoms with Crippen molar-refractivity contribution in [2.75, 3.05) is 0 Å². The lowest BCUT2D eigenvalue weighted by Gasteiger charge is -2.31. The van der Waals surface area contributed by atoms with Crippen molar-refractivity contribution in [3.63, 3.8) is 0 Å². The second kappa shape index (κ2) is 9.68. The molecule has 20 heavy (non-hydrogen) atoms. The van der Waals surface area contributed by atoms with Crippen LogP contribution in [0.5, 0.6) is 0 Å². The normalized spacial score (nSPS) is 12.1. The number of carbonyl (C=O) groups excluding carboxylic acids is 2. The SMILES string of the molecule is CC[Si](CC)(CC)O[C@@H](CC=O)C(=O)C#CC=C(C)C. The molecule has 0 aromatic rings. The van der Waals surface area contributed by atoms with Gasteiger partial charge in [-0.3, -0.25) is 4.79 Å². The molecule has 0 aromatic heterocycles. The van der Waals surface area contributed by atoms with Gasteiger partial charge in [-0.05, 0) is 44.0 Å². The molecule has 0 rings (SSSR count). The summed E-state index contributed by atoms with van der Waals surface area (Å²) in [5.74, 6) is 5.00. The van der Waals surface area contributed by atoms with Gasteiger partial charge in [0.1, 0.15) is 12.4 Å². The van der Waals surface area contributed by atoms with Crippen molar-refractivity contribution in [3.8, 4) is 11.8 Å². The molecule has 4 heteroatoms. The summed E-state index contributed by atoms with van der Waals surface area (Å²) < 4.78 is 6.08. The van der Waals surface area contributed by atoms with Gasteiger partial charge in [0.25, 0.3) is 0 Å². The highest BCUT2D eigenvalue weighted by Gasteiger charge is 2.34. The smallest absolute Gasteiger partial charge is 0.233 e. The number of rotatable bonds is 8. The molecule has 0 aliphatic heterocycles. The van der Waals surface area contributed by atoms with E-state index in [2.05, 4.69) is 32.6 Å². The van der Waals surface area contributed by atoms with E-state index in [4.69, 9.17) is 4.43 Å². The first-order valence-corrected chi connectivity index (χ1v) is 9.77. The Hall–Kier alpha value is -1.18. The molecule has 0 unspecified atom stereocenters. The van der Waals surface area contributed by atoms with Crippen molar-refractivity contribution >= 4 is 20.4 Å². The number of Topliss-reactive ketones (excluding diaryl/α,β-unsaturated/α-hetero) is 1. The molecule has 0 amide bonds. The van der Waals surface area contributed by atoms with E-state index in [9.17, 15) is 9.59 Å². The zero-order valence-corrected chi connectivity index (χ0v) is 14.3.